The van der Waals surface area contributed by atoms with Crippen LogP contribution in [0.5, 0.6) is 0 Å². The highest BCUT2D eigenvalue weighted by atomic mass is 19.4. The van der Waals surface area contributed by atoms with Crippen molar-refractivity contribution in [1.29, 1.82) is 0 Å². The maximum absolute atomic E-state index is 13.2. The van der Waals surface area contributed by atoms with Crippen LogP contribution in [0.3, 0.4) is 0 Å². The Kier molecular flexibility index (Phi) is 3.99. The van der Waals surface area contributed by atoms with Gasteiger partial charge >= 0.3 is 6.18 Å². The zero-order valence-corrected chi connectivity index (χ0v) is 15.9. The van der Waals surface area contributed by atoms with E-state index in [1.807, 2.05) is 33.8 Å². The first-order chi connectivity index (χ1) is 13.1. The number of imidazole rings is 1. The van der Waals surface area contributed by atoms with E-state index in [1.54, 1.807) is 4.57 Å². The van der Waals surface area contributed by atoms with Crippen molar-refractivity contribution < 1.29 is 18.0 Å². The molecule has 0 fully saturated rings. The second-order valence-corrected chi connectivity index (χ2v) is 7.40. The lowest BCUT2D eigenvalue weighted by Gasteiger charge is -2.18. The molecule has 0 bridgehead atoms. The Hall–Kier alpha value is -2.90. The number of alkyl halides is 3. The molecule has 4 rings (SSSR count). The zero-order chi connectivity index (χ0) is 20.4. The van der Waals surface area contributed by atoms with Gasteiger partial charge in [0.05, 0.1) is 12.1 Å². The summed E-state index contributed by atoms with van der Waals surface area (Å²) in [6.45, 7) is 7.65. The van der Waals surface area contributed by atoms with Gasteiger partial charge in [0.15, 0.2) is 5.65 Å². The number of pyridine rings is 1. The van der Waals surface area contributed by atoms with Crippen molar-refractivity contribution in [3.05, 3.63) is 46.4 Å². The van der Waals surface area contributed by atoms with Crippen molar-refractivity contribution in [2.45, 2.75) is 46.2 Å². The standard InChI is InChI=1S/C20H19F3N4O/c1-9(2)18-24-13-5-6-15(20(21,22)23)25-19(13)27(18)14-7-12-8-16(28)26-17(12)11(4)10(14)3/h5-7,9H,8H2,1-4H3,(H,26,28). The third-order valence-electron chi connectivity index (χ3n) is 5.15. The normalized spacial score (nSPS) is 14.1. The zero-order valence-electron chi connectivity index (χ0n) is 15.9. The van der Waals surface area contributed by atoms with E-state index in [0.29, 0.717) is 17.0 Å². The van der Waals surface area contributed by atoms with Gasteiger partial charge in [-0.15, -0.1) is 0 Å². The summed E-state index contributed by atoms with van der Waals surface area (Å²) in [6, 6.07) is 4.16. The summed E-state index contributed by atoms with van der Waals surface area (Å²) in [4.78, 5) is 20.3. The Morgan fingerprint density at radius 1 is 1.14 bits per heavy atom. The Balaban J connectivity index is 2.06. The molecule has 0 unspecified atom stereocenters. The van der Waals surface area contributed by atoms with Crippen molar-refractivity contribution in [3.63, 3.8) is 0 Å². The van der Waals surface area contributed by atoms with Crippen LogP contribution in [0.2, 0.25) is 0 Å². The molecule has 5 nitrogen and oxygen atoms in total. The molecule has 1 aliphatic rings. The average Bonchev–Trinajstić information content (AvgIpc) is 3.17. The van der Waals surface area contributed by atoms with Gasteiger partial charge in [0, 0.05) is 11.6 Å². The van der Waals surface area contributed by atoms with E-state index in [4.69, 9.17) is 0 Å². The van der Waals surface area contributed by atoms with E-state index in [9.17, 15) is 18.0 Å². The molecular formula is C20H19F3N4O. The first-order valence-electron chi connectivity index (χ1n) is 8.97. The van der Waals surface area contributed by atoms with Gasteiger partial charge in [-0.05, 0) is 48.7 Å². The predicted molar refractivity (Wildman–Crippen MR) is 99.8 cm³/mol. The molecule has 1 amide bonds. The number of anilines is 1. The van der Waals surface area contributed by atoms with E-state index in [1.165, 1.54) is 6.07 Å². The number of fused-ring (bicyclic) bond motifs is 2. The van der Waals surface area contributed by atoms with Gasteiger partial charge in [-0.2, -0.15) is 13.2 Å². The predicted octanol–water partition coefficient (Wildman–Crippen LogP) is 4.67. The number of rotatable bonds is 2. The van der Waals surface area contributed by atoms with Crippen LogP contribution in [-0.4, -0.2) is 20.4 Å². The van der Waals surface area contributed by atoms with Gasteiger partial charge in [-0.25, -0.2) is 9.97 Å². The highest BCUT2D eigenvalue weighted by Crippen LogP contribution is 2.36. The van der Waals surface area contributed by atoms with Crippen molar-refractivity contribution in [1.82, 2.24) is 14.5 Å². The summed E-state index contributed by atoms with van der Waals surface area (Å²) in [5, 5.41) is 2.85. The average molecular weight is 388 g/mol. The highest BCUT2D eigenvalue weighted by molar-refractivity contribution is 6.00. The minimum absolute atomic E-state index is 0.0312. The molecule has 0 aliphatic carbocycles. The van der Waals surface area contributed by atoms with Gasteiger partial charge in [0.25, 0.3) is 0 Å². The number of aromatic nitrogens is 3. The molecule has 3 aromatic rings. The lowest BCUT2D eigenvalue weighted by molar-refractivity contribution is -0.141. The maximum Gasteiger partial charge on any atom is 0.433 e. The van der Waals surface area contributed by atoms with Gasteiger partial charge in [0.1, 0.15) is 17.0 Å². The van der Waals surface area contributed by atoms with Gasteiger partial charge in [0.2, 0.25) is 5.91 Å². The van der Waals surface area contributed by atoms with E-state index in [2.05, 4.69) is 15.3 Å². The fourth-order valence-corrected chi connectivity index (χ4v) is 3.63. The van der Waals surface area contributed by atoms with Crippen LogP contribution in [0, 0.1) is 13.8 Å². The van der Waals surface area contributed by atoms with Crippen LogP contribution < -0.4 is 5.32 Å². The molecule has 3 heterocycles. The Morgan fingerprint density at radius 3 is 2.50 bits per heavy atom. The molecule has 1 aliphatic heterocycles. The lowest BCUT2D eigenvalue weighted by atomic mass is 10.0. The van der Waals surface area contributed by atoms with Crippen LogP contribution in [-0.2, 0) is 17.4 Å². The number of benzene rings is 1. The number of halogens is 3. The van der Waals surface area contributed by atoms with Crippen LogP contribution in [0.15, 0.2) is 18.2 Å². The number of nitrogens with one attached hydrogen (secondary N) is 1. The van der Waals surface area contributed by atoms with E-state index in [0.717, 1.165) is 28.4 Å². The molecule has 0 radical (unpaired) electrons. The van der Waals surface area contributed by atoms with E-state index < -0.39 is 11.9 Å². The largest absolute Gasteiger partial charge is 0.433 e. The molecule has 28 heavy (non-hydrogen) atoms. The summed E-state index contributed by atoms with van der Waals surface area (Å²) >= 11 is 0. The van der Waals surface area contributed by atoms with E-state index in [-0.39, 0.29) is 23.9 Å². The fraction of sp³-hybridized carbons (Fsp3) is 0.350. The van der Waals surface area contributed by atoms with E-state index >= 15 is 0 Å². The summed E-state index contributed by atoms with van der Waals surface area (Å²) in [5.41, 5.74) is 3.68. The SMILES string of the molecule is Cc1c(-n2c(C(C)C)nc3ccc(C(F)(F)F)nc32)cc2c(c1C)NC(=O)C2. The maximum atomic E-state index is 13.2. The van der Waals surface area contributed by atoms with Gasteiger partial charge in [-0.3, -0.25) is 9.36 Å². The molecule has 0 saturated carbocycles. The topological polar surface area (TPSA) is 59.8 Å². The minimum Gasteiger partial charge on any atom is -0.325 e. The number of hydrogen-bond donors (Lipinski definition) is 1. The molecule has 146 valence electrons. The van der Waals surface area contributed by atoms with Crippen LogP contribution >= 0.6 is 0 Å². The third kappa shape index (κ3) is 2.75. The monoisotopic (exact) mass is 388 g/mol. The lowest BCUT2D eigenvalue weighted by Crippen LogP contribution is -2.11. The molecule has 1 N–H and O–H groups in total. The number of nitrogens with zero attached hydrogens (tertiary/aromatic N) is 3. The second-order valence-electron chi connectivity index (χ2n) is 7.40. The molecule has 0 spiro atoms. The molecule has 2 aromatic heterocycles. The summed E-state index contributed by atoms with van der Waals surface area (Å²) in [5.74, 6) is 0.504. The van der Waals surface area contributed by atoms with Crippen LogP contribution in [0.25, 0.3) is 16.9 Å². The van der Waals surface area contributed by atoms with Crippen molar-refractivity contribution >= 4 is 22.8 Å². The Bertz CT molecular complexity index is 1130. The molecule has 0 saturated heterocycles. The smallest absolute Gasteiger partial charge is 0.325 e. The van der Waals surface area contributed by atoms with Crippen molar-refractivity contribution in [2.24, 2.45) is 0 Å². The molecule has 1 aromatic carbocycles. The number of amides is 1. The Morgan fingerprint density at radius 2 is 1.86 bits per heavy atom. The fourth-order valence-electron chi connectivity index (χ4n) is 3.63. The first kappa shape index (κ1) is 18.5. The summed E-state index contributed by atoms with van der Waals surface area (Å²) in [6.07, 6.45) is -4.30. The summed E-state index contributed by atoms with van der Waals surface area (Å²) < 4.78 is 41.4. The summed E-state index contributed by atoms with van der Waals surface area (Å²) in [7, 11) is 0. The van der Waals surface area contributed by atoms with Crippen molar-refractivity contribution in [3.8, 4) is 5.69 Å². The third-order valence-corrected chi connectivity index (χ3v) is 5.15. The Labute approximate surface area is 159 Å². The molecule has 8 heteroatoms. The van der Waals surface area contributed by atoms with Gasteiger partial charge < -0.3 is 5.32 Å². The second kappa shape index (κ2) is 6.05. The molecular weight excluding hydrogens is 369 g/mol. The number of carbonyl (C=O) groups is 1. The van der Waals surface area contributed by atoms with Crippen LogP contribution in [0.4, 0.5) is 18.9 Å². The van der Waals surface area contributed by atoms with Crippen molar-refractivity contribution in [2.75, 3.05) is 5.32 Å². The number of hydrogen-bond acceptors (Lipinski definition) is 3. The minimum atomic E-state index is -4.54. The first-order valence-corrected chi connectivity index (χ1v) is 8.97. The quantitative estimate of drug-likeness (QED) is 0.694. The van der Waals surface area contributed by atoms with Crippen LogP contribution in [0.1, 0.15) is 48.0 Å². The van der Waals surface area contributed by atoms with Gasteiger partial charge in [-0.1, -0.05) is 13.8 Å². The molecule has 0 atom stereocenters. The highest BCUT2D eigenvalue weighted by Gasteiger charge is 2.34. The number of carbonyl (C=O) groups excluding carboxylic acids is 1.